The predicted molar refractivity (Wildman–Crippen MR) is 102 cm³/mol. The summed E-state index contributed by atoms with van der Waals surface area (Å²) in [5, 5.41) is 0. The molecule has 0 fully saturated rings. The molecule has 0 aliphatic carbocycles. The number of likely N-dealkylation sites (N-methyl/N-ethyl adjacent to an activating group) is 1. The summed E-state index contributed by atoms with van der Waals surface area (Å²) in [7, 11) is 4.09. The van der Waals surface area contributed by atoms with Crippen molar-refractivity contribution in [2.75, 3.05) is 40.5 Å². The molecule has 0 saturated carbocycles. The van der Waals surface area contributed by atoms with Crippen molar-refractivity contribution < 1.29 is 14.9 Å². The predicted octanol–water partition coefficient (Wildman–Crippen LogP) is 3.53. The maximum atomic E-state index is 5.74. The van der Waals surface area contributed by atoms with Gasteiger partial charge in [0, 0.05) is 6.54 Å². The lowest BCUT2D eigenvalue weighted by Crippen LogP contribution is -2.24. The van der Waals surface area contributed by atoms with Crippen molar-refractivity contribution in [1.82, 2.24) is 4.90 Å². The van der Waals surface area contributed by atoms with Gasteiger partial charge in [0.05, 0.1) is 13.2 Å². The van der Waals surface area contributed by atoms with Crippen molar-refractivity contribution in [2.24, 2.45) is 5.41 Å². The maximum absolute atomic E-state index is 5.74. The Bertz CT molecular complexity index is 447. The average Bonchev–Trinajstić information content (AvgIpc) is 2.40. The van der Waals surface area contributed by atoms with E-state index in [4.69, 9.17) is 9.47 Å². The van der Waals surface area contributed by atoms with Crippen LogP contribution < -0.4 is 4.74 Å². The topological polar surface area (TPSA) is 53.2 Å². The molecule has 24 heavy (non-hydrogen) atoms. The van der Waals surface area contributed by atoms with Gasteiger partial charge in [-0.15, -0.1) is 0 Å². The molecule has 0 unspecified atom stereocenters. The van der Waals surface area contributed by atoms with Crippen molar-refractivity contribution in [1.29, 1.82) is 0 Å². The number of rotatable bonds is 9. The molecule has 1 aromatic carbocycles. The lowest BCUT2D eigenvalue weighted by atomic mass is 9.72. The Hall–Kier alpha value is -1.10. The Morgan fingerprint density at radius 3 is 1.96 bits per heavy atom. The zero-order valence-electron chi connectivity index (χ0n) is 16.6. The van der Waals surface area contributed by atoms with Crippen LogP contribution in [0.3, 0.4) is 0 Å². The lowest BCUT2D eigenvalue weighted by molar-refractivity contribution is 0.0890. The largest absolute Gasteiger partial charge is 0.491 e. The summed E-state index contributed by atoms with van der Waals surface area (Å²) in [4.78, 5) is 2.11. The van der Waals surface area contributed by atoms with E-state index in [2.05, 4.69) is 63.8 Å². The summed E-state index contributed by atoms with van der Waals surface area (Å²) in [5.41, 5.74) is 1.86. The minimum absolute atomic E-state index is 0. The van der Waals surface area contributed by atoms with E-state index < -0.39 is 0 Å². The summed E-state index contributed by atoms with van der Waals surface area (Å²) >= 11 is 0. The van der Waals surface area contributed by atoms with Crippen LogP contribution in [0.25, 0.3) is 0 Å². The van der Waals surface area contributed by atoms with Gasteiger partial charge in [0.2, 0.25) is 0 Å². The molecule has 1 rings (SSSR count). The normalized spacial score (nSPS) is 12.2. The van der Waals surface area contributed by atoms with Crippen molar-refractivity contribution in [3.05, 3.63) is 29.8 Å². The van der Waals surface area contributed by atoms with Crippen molar-refractivity contribution in [3.63, 3.8) is 0 Å². The number of ether oxygens (including phenoxy) is 2. The standard InChI is InChI=1S/C20H35NO2.H2O/c1-19(2,3)16-20(4,5)17-8-10-18(11-9-17)23-15-14-22-13-12-21(6)7;/h8-11H,12-16H2,1-7H3;1H2. The molecule has 0 radical (unpaired) electrons. The Balaban J connectivity index is 0.00000529. The second-order valence-electron chi connectivity index (χ2n) is 8.41. The molecule has 0 saturated heterocycles. The molecule has 0 amide bonds. The van der Waals surface area contributed by atoms with Crippen molar-refractivity contribution in [3.8, 4) is 5.75 Å². The van der Waals surface area contributed by atoms with Crippen LogP contribution in [0.4, 0.5) is 0 Å². The third kappa shape index (κ3) is 9.26. The monoisotopic (exact) mass is 339 g/mol. The van der Waals surface area contributed by atoms with E-state index >= 15 is 0 Å². The van der Waals surface area contributed by atoms with Gasteiger partial charge in [-0.3, -0.25) is 0 Å². The molecule has 0 aromatic heterocycles. The first-order chi connectivity index (χ1) is 10.6. The first-order valence-corrected chi connectivity index (χ1v) is 8.56. The summed E-state index contributed by atoms with van der Waals surface area (Å²) in [5.74, 6) is 0.913. The molecule has 1 aromatic rings. The smallest absolute Gasteiger partial charge is 0.119 e. The number of hydrogen-bond donors (Lipinski definition) is 0. The minimum atomic E-state index is 0. The number of nitrogens with zero attached hydrogens (tertiary/aromatic N) is 1. The minimum Gasteiger partial charge on any atom is -0.491 e. The molecule has 4 nitrogen and oxygen atoms in total. The molecule has 2 N–H and O–H groups in total. The van der Waals surface area contributed by atoms with Gasteiger partial charge in [-0.2, -0.15) is 0 Å². The highest BCUT2D eigenvalue weighted by Gasteiger charge is 2.27. The average molecular weight is 340 g/mol. The molecule has 0 aliphatic heterocycles. The van der Waals surface area contributed by atoms with Crippen molar-refractivity contribution >= 4 is 0 Å². The summed E-state index contributed by atoms with van der Waals surface area (Å²) < 4.78 is 11.3. The second-order valence-corrected chi connectivity index (χ2v) is 8.41. The van der Waals surface area contributed by atoms with Gasteiger partial charge < -0.3 is 19.8 Å². The third-order valence-electron chi connectivity index (χ3n) is 3.79. The van der Waals surface area contributed by atoms with E-state index in [-0.39, 0.29) is 10.9 Å². The molecule has 140 valence electrons. The highest BCUT2D eigenvalue weighted by Crippen LogP contribution is 2.36. The van der Waals surface area contributed by atoms with E-state index in [0.717, 1.165) is 25.3 Å². The molecular weight excluding hydrogens is 302 g/mol. The third-order valence-corrected chi connectivity index (χ3v) is 3.79. The fourth-order valence-corrected chi connectivity index (χ4v) is 3.00. The molecule has 4 heteroatoms. The molecule has 0 aliphatic rings. The van der Waals surface area contributed by atoms with Gasteiger partial charge in [-0.25, -0.2) is 0 Å². The zero-order valence-corrected chi connectivity index (χ0v) is 16.6. The van der Waals surface area contributed by atoms with E-state index in [1.54, 1.807) is 0 Å². The Morgan fingerprint density at radius 2 is 1.46 bits per heavy atom. The van der Waals surface area contributed by atoms with Crippen LogP contribution >= 0.6 is 0 Å². The van der Waals surface area contributed by atoms with Crippen LogP contribution in [0.5, 0.6) is 5.75 Å². The molecule has 0 atom stereocenters. The quantitative estimate of drug-likeness (QED) is 0.647. The second kappa shape index (κ2) is 10.0. The van der Waals surface area contributed by atoms with E-state index in [0.29, 0.717) is 18.6 Å². The first kappa shape index (κ1) is 22.9. The van der Waals surface area contributed by atoms with E-state index in [1.165, 1.54) is 5.56 Å². The highest BCUT2D eigenvalue weighted by atomic mass is 16.5. The van der Waals surface area contributed by atoms with Crippen LogP contribution in [0.2, 0.25) is 0 Å². The van der Waals surface area contributed by atoms with E-state index in [1.807, 2.05) is 14.1 Å². The van der Waals surface area contributed by atoms with Crippen LogP contribution in [0.15, 0.2) is 24.3 Å². The van der Waals surface area contributed by atoms with Gasteiger partial charge in [-0.05, 0) is 49.0 Å². The fraction of sp³-hybridized carbons (Fsp3) is 0.700. The molecule has 0 spiro atoms. The molecule has 0 heterocycles. The van der Waals surface area contributed by atoms with Gasteiger partial charge in [0.1, 0.15) is 12.4 Å². The van der Waals surface area contributed by atoms with Gasteiger partial charge >= 0.3 is 0 Å². The van der Waals surface area contributed by atoms with Gasteiger partial charge in [0.25, 0.3) is 0 Å². The van der Waals surface area contributed by atoms with Crippen LogP contribution in [0, 0.1) is 5.41 Å². The van der Waals surface area contributed by atoms with Crippen molar-refractivity contribution in [2.45, 2.75) is 46.5 Å². The lowest BCUT2D eigenvalue weighted by Gasteiger charge is -2.33. The summed E-state index contributed by atoms with van der Waals surface area (Å²) in [6, 6.07) is 8.51. The zero-order chi connectivity index (χ0) is 17.5. The fourth-order valence-electron chi connectivity index (χ4n) is 3.00. The van der Waals surface area contributed by atoms with Crippen LogP contribution in [0.1, 0.15) is 46.6 Å². The maximum Gasteiger partial charge on any atom is 0.119 e. The molecular formula is C20H37NO3. The Kier molecular flexibility index (Phi) is 9.56. The first-order valence-electron chi connectivity index (χ1n) is 8.56. The van der Waals surface area contributed by atoms with E-state index in [9.17, 15) is 0 Å². The Labute approximate surface area is 148 Å². The van der Waals surface area contributed by atoms with Gasteiger partial charge in [0.15, 0.2) is 0 Å². The Morgan fingerprint density at radius 1 is 0.875 bits per heavy atom. The highest BCUT2D eigenvalue weighted by molar-refractivity contribution is 5.31. The summed E-state index contributed by atoms with van der Waals surface area (Å²) in [6.07, 6.45) is 1.15. The van der Waals surface area contributed by atoms with Gasteiger partial charge in [-0.1, -0.05) is 46.8 Å². The SMILES string of the molecule is CN(C)CCOCCOc1ccc(C(C)(C)CC(C)(C)C)cc1.O. The number of benzene rings is 1. The van der Waals surface area contributed by atoms with Crippen LogP contribution in [-0.2, 0) is 10.2 Å². The van der Waals surface area contributed by atoms with Crippen LogP contribution in [-0.4, -0.2) is 50.8 Å². The number of hydrogen-bond acceptors (Lipinski definition) is 3. The summed E-state index contributed by atoms with van der Waals surface area (Å²) in [6.45, 7) is 14.4. The molecule has 0 bridgehead atoms.